The number of carbonyl (C=O) groups excluding carboxylic acids is 1. The third kappa shape index (κ3) is 3.35. The molecule has 0 aromatic heterocycles. The topological polar surface area (TPSA) is 29.1 Å². The van der Waals surface area contributed by atoms with E-state index in [2.05, 4.69) is 39.9 Å². The fourth-order valence-electron chi connectivity index (χ4n) is 8.51. The van der Waals surface area contributed by atoms with Crippen LogP contribution in [0.4, 0.5) is 0 Å². The molecule has 0 radical (unpaired) electrons. The quantitative estimate of drug-likeness (QED) is 0.521. The molecule has 2 heteroatoms. The fraction of sp³-hybridized carbons (Fsp3) is 0.962. The van der Waals surface area contributed by atoms with E-state index < -0.39 is 0 Å². The first kappa shape index (κ1) is 20.7. The van der Waals surface area contributed by atoms with E-state index in [9.17, 15) is 4.79 Å². The van der Waals surface area contributed by atoms with Crippen LogP contribution in [0, 0.1) is 39.9 Å². The van der Waals surface area contributed by atoms with E-state index in [0.29, 0.717) is 28.2 Å². The van der Waals surface area contributed by atoms with Gasteiger partial charge in [0.05, 0.1) is 0 Å². The monoisotopic (exact) mass is 387 g/mol. The molecule has 28 heavy (non-hydrogen) atoms. The van der Waals surface area contributed by atoms with Crippen molar-refractivity contribution in [3.63, 3.8) is 0 Å². The molecule has 0 aromatic carbocycles. The van der Waals surface area contributed by atoms with Gasteiger partial charge in [-0.25, -0.2) is 0 Å². The normalized spacial score (nSPS) is 48.0. The second-order valence-electron chi connectivity index (χ2n) is 12.4. The zero-order valence-corrected chi connectivity index (χ0v) is 19.3. The molecule has 1 saturated heterocycles. The molecule has 1 heterocycles. The van der Waals surface area contributed by atoms with Crippen molar-refractivity contribution in [3.8, 4) is 0 Å². The number of hydrogen-bond acceptors (Lipinski definition) is 1. The summed E-state index contributed by atoms with van der Waals surface area (Å²) in [4.78, 5) is 12.3. The Kier molecular flexibility index (Phi) is 5.41. The summed E-state index contributed by atoms with van der Waals surface area (Å²) in [5.74, 6) is 3.75. The van der Waals surface area contributed by atoms with Gasteiger partial charge < -0.3 is 5.32 Å². The highest BCUT2D eigenvalue weighted by molar-refractivity contribution is 5.77. The highest BCUT2D eigenvalue weighted by atomic mass is 16.1. The Morgan fingerprint density at radius 2 is 1.82 bits per heavy atom. The number of rotatable bonds is 5. The Morgan fingerprint density at radius 3 is 2.57 bits per heavy atom. The number of piperidine rings is 1. The van der Waals surface area contributed by atoms with Crippen LogP contribution in [-0.2, 0) is 4.79 Å². The molecule has 0 unspecified atom stereocenters. The molecule has 4 rings (SSSR count). The summed E-state index contributed by atoms with van der Waals surface area (Å²) < 4.78 is 0. The lowest BCUT2D eigenvalue weighted by Crippen LogP contribution is -2.65. The maximum absolute atomic E-state index is 12.3. The van der Waals surface area contributed by atoms with Crippen molar-refractivity contribution in [2.75, 3.05) is 0 Å². The van der Waals surface area contributed by atoms with Crippen molar-refractivity contribution in [1.29, 1.82) is 0 Å². The Balaban J connectivity index is 1.62. The van der Waals surface area contributed by atoms with Gasteiger partial charge in [0.25, 0.3) is 0 Å². The smallest absolute Gasteiger partial charge is 0.220 e. The van der Waals surface area contributed by atoms with Crippen LogP contribution in [-0.4, -0.2) is 11.9 Å². The molecule has 1 amide bonds. The molecular formula is C26H45NO. The van der Waals surface area contributed by atoms with Crippen molar-refractivity contribution < 1.29 is 4.79 Å². The number of carbonyl (C=O) groups is 1. The molecule has 2 nitrogen and oxygen atoms in total. The summed E-state index contributed by atoms with van der Waals surface area (Å²) in [6.45, 7) is 12.5. The number of unbranched alkanes of at least 4 members (excludes halogenated alkanes) is 1. The SMILES string of the molecule is CC(C)CCCC[C@@]1(C)C[C@H]2NC(=O)CC[C@]2(C)[C@H]2CC[C@]3(C)CCC[C@H]3[C@@H]21. The van der Waals surface area contributed by atoms with E-state index in [-0.39, 0.29) is 0 Å². The van der Waals surface area contributed by atoms with Crippen LogP contribution < -0.4 is 5.32 Å². The van der Waals surface area contributed by atoms with Gasteiger partial charge in [-0.15, -0.1) is 0 Å². The van der Waals surface area contributed by atoms with Gasteiger partial charge >= 0.3 is 0 Å². The molecule has 3 saturated carbocycles. The second-order valence-corrected chi connectivity index (χ2v) is 12.4. The lowest BCUT2D eigenvalue weighted by atomic mass is 9.41. The van der Waals surface area contributed by atoms with E-state index in [4.69, 9.17) is 0 Å². The van der Waals surface area contributed by atoms with Gasteiger partial charge in [-0.05, 0) is 84.9 Å². The van der Waals surface area contributed by atoms with Gasteiger partial charge in [0.1, 0.15) is 0 Å². The van der Waals surface area contributed by atoms with Crippen LogP contribution in [0.25, 0.3) is 0 Å². The number of nitrogens with one attached hydrogen (secondary N) is 1. The highest BCUT2D eigenvalue weighted by Crippen LogP contribution is 2.69. The van der Waals surface area contributed by atoms with E-state index in [0.717, 1.165) is 36.5 Å². The summed E-state index contributed by atoms with van der Waals surface area (Å²) in [6, 6.07) is 0.413. The Bertz CT molecular complexity index is 599. The molecule has 7 atom stereocenters. The lowest BCUT2D eigenvalue weighted by Gasteiger charge is -2.65. The second kappa shape index (κ2) is 7.31. The van der Waals surface area contributed by atoms with Crippen LogP contribution in [0.3, 0.4) is 0 Å². The maximum Gasteiger partial charge on any atom is 0.220 e. The zero-order valence-electron chi connectivity index (χ0n) is 19.3. The molecule has 0 spiro atoms. The molecule has 4 aliphatic rings. The predicted molar refractivity (Wildman–Crippen MR) is 117 cm³/mol. The van der Waals surface area contributed by atoms with Gasteiger partial charge in [0.15, 0.2) is 0 Å². The maximum atomic E-state index is 12.3. The van der Waals surface area contributed by atoms with Crippen molar-refractivity contribution in [1.82, 2.24) is 5.32 Å². The Morgan fingerprint density at radius 1 is 1.04 bits per heavy atom. The minimum absolute atomic E-state index is 0.310. The third-order valence-electron chi connectivity index (χ3n) is 10.2. The van der Waals surface area contributed by atoms with Crippen molar-refractivity contribution in [3.05, 3.63) is 0 Å². The summed E-state index contributed by atoms with van der Waals surface area (Å²) >= 11 is 0. The largest absolute Gasteiger partial charge is 0.353 e. The highest BCUT2D eigenvalue weighted by Gasteiger charge is 2.63. The third-order valence-corrected chi connectivity index (χ3v) is 10.2. The minimum Gasteiger partial charge on any atom is -0.353 e. The van der Waals surface area contributed by atoms with Gasteiger partial charge in [-0.3, -0.25) is 4.79 Å². The molecule has 1 aliphatic heterocycles. The van der Waals surface area contributed by atoms with Crippen LogP contribution in [0.15, 0.2) is 0 Å². The predicted octanol–water partition coefficient (Wildman–Crippen LogP) is 6.73. The fourth-order valence-corrected chi connectivity index (χ4v) is 8.51. The average Bonchev–Trinajstić information content (AvgIpc) is 3.02. The standard InChI is InChI=1S/C26H45NO/c1-18(2)9-6-7-13-25(4)17-21-26(5,16-12-22(28)27-21)20-11-15-24(3)14-8-10-19(24)23(20)25/h18-21,23H,6-17H2,1-5H3,(H,27,28)/t19-,20-,21+,23-,24-,25-,26+/m0/s1. The van der Waals surface area contributed by atoms with E-state index in [1.165, 1.54) is 64.2 Å². The van der Waals surface area contributed by atoms with E-state index >= 15 is 0 Å². The molecule has 0 aromatic rings. The molecule has 3 aliphatic carbocycles. The first-order valence-corrected chi connectivity index (χ1v) is 12.5. The number of amides is 1. The molecule has 160 valence electrons. The summed E-state index contributed by atoms with van der Waals surface area (Å²) in [5.41, 5.74) is 1.34. The van der Waals surface area contributed by atoms with E-state index in [1.807, 2.05) is 0 Å². The molecule has 0 bridgehead atoms. The Hall–Kier alpha value is -0.530. The lowest BCUT2D eigenvalue weighted by molar-refractivity contribution is -0.162. The first-order valence-electron chi connectivity index (χ1n) is 12.5. The average molecular weight is 388 g/mol. The summed E-state index contributed by atoms with van der Waals surface area (Å²) in [5, 5.41) is 3.49. The van der Waals surface area contributed by atoms with Gasteiger partial charge in [0.2, 0.25) is 5.91 Å². The molecular weight excluding hydrogens is 342 g/mol. The van der Waals surface area contributed by atoms with Crippen LogP contribution in [0.2, 0.25) is 0 Å². The van der Waals surface area contributed by atoms with Crippen molar-refractivity contribution in [2.24, 2.45) is 39.9 Å². The first-order chi connectivity index (χ1) is 13.2. The van der Waals surface area contributed by atoms with Gasteiger partial charge in [-0.2, -0.15) is 0 Å². The zero-order chi connectivity index (χ0) is 20.2. The van der Waals surface area contributed by atoms with Crippen LogP contribution in [0.1, 0.15) is 112 Å². The van der Waals surface area contributed by atoms with Gasteiger partial charge in [-0.1, -0.05) is 60.3 Å². The van der Waals surface area contributed by atoms with Crippen molar-refractivity contribution >= 4 is 5.91 Å². The summed E-state index contributed by atoms with van der Waals surface area (Å²) in [7, 11) is 0. The van der Waals surface area contributed by atoms with Crippen molar-refractivity contribution in [2.45, 2.75) is 118 Å². The summed E-state index contributed by atoms with van der Waals surface area (Å²) in [6.07, 6.45) is 15.8. The molecule has 1 N–H and O–H groups in total. The van der Waals surface area contributed by atoms with Gasteiger partial charge in [0, 0.05) is 12.5 Å². The number of fused-ring (bicyclic) bond motifs is 5. The molecule has 4 fully saturated rings. The van der Waals surface area contributed by atoms with Crippen LogP contribution in [0.5, 0.6) is 0 Å². The van der Waals surface area contributed by atoms with E-state index in [1.54, 1.807) is 0 Å². The Labute approximate surface area is 174 Å². The number of hydrogen-bond donors (Lipinski definition) is 1. The minimum atomic E-state index is 0.310. The van der Waals surface area contributed by atoms with Crippen LogP contribution >= 0.6 is 0 Å².